The molecule has 0 fully saturated rings. The molecule has 0 saturated heterocycles. The fraction of sp³-hybridized carbons (Fsp3) is 0.500. The summed E-state index contributed by atoms with van der Waals surface area (Å²) in [5.41, 5.74) is 0.818. The van der Waals surface area contributed by atoms with E-state index < -0.39 is 29.9 Å². The third-order valence-corrected chi connectivity index (χ3v) is 3.64. The first-order chi connectivity index (χ1) is 11.8. The number of amides is 1. The first-order valence-electron chi connectivity index (χ1n) is 8.20. The molecule has 1 aromatic rings. The van der Waals surface area contributed by atoms with E-state index >= 15 is 0 Å². The SMILES string of the molecule is COC(=O)CN[C@@H](CC(C)C)C(=O)N[C@@H](Cc1ccccc1)C(=O)O. The van der Waals surface area contributed by atoms with Crippen molar-refractivity contribution in [3.63, 3.8) is 0 Å². The molecule has 0 radical (unpaired) electrons. The van der Waals surface area contributed by atoms with E-state index in [0.29, 0.717) is 6.42 Å². The highest BCUT2D eigenvalue weighted by Gasteiger charge is 2.26. The number of rotatable bonds is 10. The van der Waals surface area contributed by atoms with Gasteiger partial charge in [0, 0.05) is 6.42 Å². The lowest BCUT2D eigenvalue weighted by Gasteiger charge is -2.22. The largest absolute Gasteiger partial charge is 0.480 e. The van der Waals surface area contributed by atoms with Gasteiger partial charge in [0.15, 0.2) is 0 Å². The van der Waals surface area contributed by atoms with Crippen molar-refractivity contribution in [3.05, 3.63) is 35.9 Å². The van der Waals surface area contributed by atoms with Crippen LogP contribution in [0.2, 0.25) is 0 Å². The third-order valence-electron chi connectivity index (χ3n) is 3.64. The molecule has 1 aromatic carbocycles. The second kappa shape index (κ2) is 10.5. The molecule has 0 aliphatic rings. The summed E-state index contributed by atoms with van der Waals surface area (Å²) < 4.78 is 4.56. The Balaban J connectivity index is 2.75. The second-order valence-electron chi connectivity index (χ2n) is 6.23. The highest BCUT2D eigenvalue weighted by atomic mass is 16.5. The van der Waals surface area contributed by atoms with Crippen molar-refractivity contribution in [1.29, 1.82) is 0 Å². The maximum absolute atomic E-state index is 12.5. The fourth-order valence-corrected chi connectivity index (χ4v) is 2.36. The zero-order chi connectivity index (χ0) is 18.8. The highest BCUT2D eigenvalue weighted by Crippen LogP contribution is 2.07. The van der Waals surface area contributed by atoms with Crippen molar-refractivity contribution in [2.75, 3.05) is 13.7 Å². The van der Waals surface area contributed by atoms with Gasteiger partial charge in [-0.25, -0.2) is 4.79 Å². The topological polar surface area (TPSA) is 105 Å². The molecule has 0 aliphatic carbocycles. The van der Waals surface area contributed by atoms with Crippen molar-refractivity contribution in [3.8, 4) is 0 Å². The molecule has 1 amide bonds. The number of carbonyl (C=O) groups excluding carboxylic acids is 2. The fourth-order valence-electron chi connectivity index (χ4n) is 2.36. The van der Waals surface area contributed by atoms with Gasteiger partial charge in [0.2, 0.25) is 5.91 Å². The summed E-state index contributed by atoms with van der Waals surface area (Å²) in [7, 11) is 1.27. The lowest BCUT2D eigenvalue weighted by atomic mass is 10.0. The minimum absolute atomic E-state index is 0.113. The standard InChI is InChI=1S/C18H26N2O5/c1-12(2)9-14(19-11-16(21)25-3)17(22)20-15(18(23)24)10-13-7-5-4-6-8-13/h4-8,12,14-15,19H,9-11H2,1-3H3,(H,20,22)(H,23,24)/t14-,15-/m0/s1. The van der Waals surface area contributed by atoms with Crippen LogP contribution in [0.3, 0.4) is 0 Å². The van der Waals surface area contributed by atoms with Crippen molar-refractivity contribution in [2.45, 2.75) is 38.8 Å². The molecule has 0 aromatic heterocycles. The van der Waals surface area contributed by atoms with E-state index in [1.165, 1.54) is 7.11 Å². The summed E-state index contributed by atoms with van der Waals surface area (Å²) in [6.45, 7) is 3.77. The molecule has 0 spiro atoms. The predicted molar refractivity (Wildman–Crippen MR) is 93.0 cm³/mol. The minimum atomic E-state index is -1.10. The molecule has 2 atom stereocenters. The summed E-state index contributed by atoms with van der Waals surface area (Å²) >= 11 is 0. The molecule has 25 heavy (non-hydrogen) atoms. The average molecular weight is 350 g/mol. The molecule has 0 saturated carbocycles. The van der Waals surface area contributed by atoms with Gasteiger partial charge in [-0.15, -0.1) is 0 Å². The number of carbonyl (C=O) groups is 3. The number of carboxylic acids is 1. The predicted octanol–water partition coefficient (Wildman–Crippen LogP) is 0.976. The maximum Gasteiger partial charge on any atom is 0.326 e. The van der Waals surface area contributed by atoms with E-state index in [9.17, 15) is 19.5 Å². The van der Waals surface area contributed by atoms with Crippen LogP contribution >= 0.6 is 0 Å². The first-order valence-corrected chi connectivity index (χ1v) is 8.20. The summed E-state index contributed by atoms with van der Waals surface area (Å²) in [5, 5.41) is 14.8. The molecule has 0 aliphatic heterocycles. The molecule has 138 valence electrons. The molecular weight excluding hydrogens is 324 g/mol. The quantitative estimate of drug-likeness (QED) is 0.543. The van der Waals surface area contributed by atoms with Gasteiger partial charge >= 0.3 is 11.9 Å². The Morgan fingerprint density at radius 2 is 1.76 bits per heavy atom. The van der Waals surface area contributed by atoms with Gasteiger partial charge in [-0.05, 0) is 17.9 Å². The molecule has 3 N–H and O–H groups in total. The number of aliphatic carboxylic acids is 1. The van der Waals surface area contributed by atoms with Gasteiger partial charge in [-0.2, -0.15) is 0 Å². The highest BCUT2D eigenvalue weighted by molar-refractivity contribution is 5.87. The zero-order valence-electron chi connectivity index (χ0n) is 14.8. The second-order valence-corrected chi connectivity index (χ2v) is 6.23. The Hall–Kier alpha value is -2.41. The molecule has 7 nitrogen and oxygen atoms in total. The normalized spacial score (nSPS) is 13.1. The van der Waals surface area contributed by atoms with E-state index in [-0.39, 0.29) is 18.9 Å². The molecular formula is C18H26N2O5. The minimum Gasteiger partial charge on any atom is -0.480 e. The molecule has 7 heteroatoms. The van der Waals surface area contributed by atoms with Crippen LogP contribution in [-0.2, 0) is 25.5 Å². The number of ether oxygens (including phenoxy) is 1. The summed E-state index contributed by atoms with van der Waals surface area (Å²) in [6, 6.07) is 7.38. The Morgan fingerprint density at radius 3 is 2.28 bits per heavy atom. The number of carboxylic acid groups (broad SMARTS) is 1. The summed E-state index contributed by atoms with van der Waals surface area (Å²) in [5.74, 6) is -1.84. The van der Waals surface area contributed by atoms with Crippen LogP contribution in [0.25, 0.3) is 0 Å². The van der Waals surface area contributed by atoms with Crippen LogP contribution in [0.5, 0.6) is 0 Å². The van der Waals surface area contributed by atoms with Crippen LogP contribution in [0.15, 0.2) is 30.3 Å². The van der Waals surface area contributed by atoms with Crippen molar-refractivity contribution in [1.82, 2.24) is 10.6 Å². The van der Waals surface area contributed by atoms with E-state index in [2.05, 4.69) is 15.4 Å². The van der Waals surface area contributed by atoms with Crippen LogP contribution < -0.4 is 10.6 Å². The van der Waals surface area contributed by atoms with Crippen molar-refractivity contribution >= 4 is 17.8 Å². The van der Waals surface area contributed by atoms with Gasteiger partial charge < -0.3 is 15.2 Å². The van der Waals surface area contributed by atoms with Gasteiger partial charge in [0.1, 0.15) is 6.04 Å². The molecule has 1 rings (SSSR count). The summed E-state index contributed by atoms with van der Waals surface area (Å²) in [4.78, 5) is 35.3. The average Bonchev–Trinajstić information content (AvgIpc) is 2.58. The Morgan fingerprint density at radius 1 is 1.12 bits per heavy atom. The van der Waals surface area contributed by atoms with E-state index in [1.54, 1.807) is 0 Å². The number of benzene rings is 1. The van der Waals surface area contributed by atoms with Crippen LogP contribution in [0.1, 0.15) is 25.8 Å². The van der Waals surface area contributed by atoms with E-state index in [0.717, 1.165) is 5.56 Å². The number of esters is 1. The molecule has 0 unspecified atom stereocenters. The Bertz CT molecular complexity index is 574. The van der Waals surface area contributed by atoms with Gasteiger partial charge in [-0.1, -0.05) is 44.2 Å². The number of nitrogens with one attached hydrogen (secondary N) is 2. The zero-order valence-corrected chi connectivity index (χ0v) is 14.8. The Kier molecular flexibility index (Phi) is 8.63. The Labute approximate surface area is 147 Å². The molecule has 0 heterocycles. The lowest BCUT2D eigenvalue weighted by Crippen LogP contribution is -2.52. The maximum atomic E-state index is 12.5. The number of hydrogen-bond acceptors (Lipinski definition) is 5. The van der Waals surface area contributed by atoms with Gasteiger partial charge in [0.25, 0.3) is 0 Å². The van der Waals surface area contributed by atoms with Gasteiger partial charge in [-0.3, -0.25) is 14.9 Å². The number of methoxy groups -OCH3 is 1. The van der Waals surface area contributed by atoms with E-state index in [1.807, 2.05) is 44.2 Å². The molecule has 0 bridgehead atoms. The van der Waals surface area contributed by atoms with Gasteiger partial charge in [0.05, 0.1) is 19.7 Å². The third kappa shape index (κ3) is 7.80. The monoisotopic (exact) mass is 350 g/mol. The first kappa shape index (κ1) is 20.6. The summed E-state index contributed by atoms with van der Waals surface area (Å²) in [6.07, 6.45) is 0.661. The van der Waals surface area contributed by atoms with Crippen LogP contribution in [-0.4, -0.2) is 48.7 Å². The lowest BCUT2D eigenvalue weighted by molar-refractivity contribution is -0.143. The van der Waals surface area contributed by atoms with Crippen LogP contribution in [0.4, 0.5) is 0 Å². The van der Waals surface area contributed by atoms with E-state index in [4.69, 9.17) is 0 Å². The smallest absolute Gasteiger partial charge is 0.326 e. The number of hydrogen-bond donors (Lipinski definition) is 3. The van der Waals surface area contributed by atoms with Crippen LogP contribution in [0, 0.1) is 5.92 Å². The van der Waals surface area contributed by atoms with Crippen molar-refractivity contribution < 1.29 is 24.2 Å². The van der Waals surface area contributed by atoms with Crippen molar-refractivity contribution in [2.24, 2.45) is 5.92 Å².